The lowest BCUT2D eigenvalue weighted by Crippen LogP contribution is -2.46. The van der Waals surface area contributed by atoms with Crippen LogP contribution in [0.4, 0.5) is 0 Å². The van der Waals surface area contributed by atoms with Crippen LogP contribution < -0.4 is 5.32 Å². The number of esters is 1. The minimum absolute atomic E-state index is 0.0168. The van der Waals surface area contributed by atoms with Crippen LogP contribution in [0, 0.1) is 0 Å². The van der Waals surface area contributed by atoms with E-state index in [4.69, 9.17) is 4.74 Å². The molecule has 0 aliphatic carbocycles. The highest BCUT2D eigenvalue weighted by molar-refractivity contribution is 5.77. The third-order valence-electron chi connectivity index (χ3n) is 10.9. The third kappa shape index (κ3) is 43.4. The zero-order valence-electron chi connectivity index (χ0n) is 40.2. The van der Waals surface area contributed by atoms with Crippen LogP contribution in [-0.2, 0) is 14.3 Å². The fourth-order valence-corrected chi connectivity index (χ4v) is 7.07. The first kappa shape index (κ1) is 58.8. The zero-order chi connectivity index (χ0) is 45.2. The number of allylic oxidation sites excluding steroid dienone is 16. The predicted octanol–water partition coefficient (Wildman–Crippen LogP) is 15.3. The largest absolute Gasteiger partial charge is 0.462 e. The molecule has 0 spiro atoms. The summed E-state index contributed by atoms with van der Waals surface area (Å²) >= 11 is 0. The van der Waals surface area contributed by atoms with Crippen molar-refractivity contribution in [2.24, 2.45) is 0 Å². The summed E-state index contributed by atoms with van der Waals surface area (Å²) in [5, 5.41) is 23.7. The maximum atomic E-state index is 13.2. The number of carbonyl (C=O) groups is 2. The minimum Gasteiger partial charge on any atom is -0.462 e. The van der Waals surface area contributed by atoms with Crippen molar-refractivity contribution in [3.63, 3.8) is 0 Å². The van der Waals surface area contributed by atoms with Gasteiger partial charge in [-0.2, -0.15) is 0 Å². The molecule has 0 aliphatic rings. The van der Waals surface area contributed by atoms with Crippen LogP contribution in [0.2, 0.25) is 0 Å². The lowest BCUT2D eigenvalue weighted by Gasteiger charge is -2.24. The Morgan fingerprint density at radius 3 is 1.34 bits per heavy atom. The first-order valence-corrected chi connectivity index (χ1v) is 25.5. The normalized spacial score (nSPS) is 14.1. The van der Waals surface area contributed by atoms with Gasteiger partial charge in [0.25, 0.3) is 0 Å². The number of hydrogen-bond donors (Lipinski definition) is 3. The number of amides is 1. The number of unbranched alkanes of at least 4 members (excludes halogenated alkanes) is 16. The van der Waals surface area contributed by atoms with E-state index in [0.29, 0.717) is 19.3 Å². The second-order valence-electron chi connectivity index (χ2n) is 16.8. The summed E-state index contributed by atoms with van der Waals surface area (Å²) in [7, 11) is 0. The molecule has 6 heteroatoms. The van der Waals surface area contributed by atoms with E-state index < -0.39 is 18.2 Å². The second-order valence-corrected chi connectivity index (χ2v) is 16.8. The minimum atomic E-state index is -0.815. The highest BCUT2D eigenvalue weighted by Crippen LogP contribution is 2.16. The van der Waals surface area contributed by atoms with E-state index in [2.05, 4.69) is 117 Å². The van der Waals surface area contributed by atoms with Crippen LogP contribution >= 0.6 is 0 Å². The third-order valence-corrected chi connectivity index (χ3v) is 10.9. The summed E-state index contributed by atoms with van der Waals surface area (Å²) in [6.45, 7) is 6.30. The molecule has 0 saturated carbocycles. The Balaban J connectivity index is 4.80. The van der Waals surface area contributed by atoms with Gasteiger partial charge in [0.15, 0.2) is 0 Å². The lowest BCUT2D eigenvalue weighted by atomic mass is 10.0. The quantitative estimate of drug-likeness (QED) is 0.0322. The summed E-state index contributed by atoms with van der Waals surface area (Å²) in [6.07, 6.45) is 64.7. The maximum absolute atomic E-state index is 13.2. The van der Waals surface area contributed by atoms with Crippen LogP contribution in [0.25, 0.3) is 0 Å². The molecule has 6 nitrogen and oxygen atoms in total. The Hall–Kier alpha value is -3.22. The first-order chi connectivity index (χ1) is 30.5. The average molecular weight is 862 g/mol. The molecule has 1 amide bonds. The topological polar surface area (TPSA) is 95.9 Å². The smallest absolute Gasteiger partial charge is 0.306 e. The van der Waals surface area contributed by atoms with Gasteiger partial charge in [-0.05, 0) is 96.3 Å². The van der Waals surface area contributed by atoms with E-state index >= 15 is 0 Å². The summed E-state index contributed by atoms with van der Waals surface area (Å²) in [5.41, 5.74) is 0. The molecule has 0 aromatic rings. The van der Waals surface area contributed by atoms with Gasteiger partial charge in [-0.25, -0.2) is 0 Å². The van der Waals surface area contributed by atoms with Crippen LogP contribution in [0.3, 0.4) is 0 Å². The predicted molar refractivity (Wildman–Crippen MR) is 268 cm³/mol. The zero-order valence-corrected chi connectivity index (χ0v) is 40.2. The molecular weight excluding hydrogens is 767 g/mol. The molecule has 0 bridgehead atoms. The Bertz CT molecular complexity index is 1240. The number of rotatable bonds is 44. The second kappa shape index (κ2) is 48.8. The molecule has 354 valence electrons. The fraction of sp³-hybridized carbons (Fsp3) is 0.679. The number of aliphatic hydroxyl groups is 2. The summed E-state index contributed by atoms with van der Waals surface area (Å²) < 4.78 is 5.87. The molecule has 0 fully saturated rings. The van der Waals surface area contributed by atoms with E-state index in [1.165, 1.54) is 83.5 Å². The van der Waals surface area contributed by atoms with Crippen molar-refractivity contribution in [3.8, 4) is 0 Å². The molecule has 3 N–H and O–H groups in total. The van der Waals surface area contributed by atoms with E-state index in [1.807, 2.05) is 6.08 Å². The highest BCUT2D eigenvalue weighted by Gasteiger charge is 2.24. The van der Waals surface area contributed by atoms with Gasteiger partial charge < -0.3 is 20.3 Å². The van der Waals surface area contributed by atoms with Gasteiger partial charge in [0.05, 0.1) is 25.2 Å². The van der Waals surface area contributed by atoms with Gasteiger partial charge in [-0.3, -0.25) is 9.59 Å². The van der Waals surface area contributed by atoms with Gasteiger partial charge in [-0.15, -0.1) is 0 Å². The Kier molecular flexibility index (Phi) is 46.3. The van der Waals surface area contributed by atoms with E-state index in [-0.39, 0.29) is 31.3 Å². The van der Waals surface area contributed by atoms with E-state index in [9.17, 15) is 19.8 Å². The molecule has 3 unspecified atom stereocenters. The van der Waals surface area contributed by atoms with E-state index in [0.717, 1.165) is 83.5 Å². The summed E-state index contributed by atoms with van der Waals surface area (Å²) in [5.74, 6) is -0.618. The van der Waals surface area contributed by atoms with Crippen molar-refractivity contribution in [1.29, 1.82) is 0 Å². The van der Waals surface area contributed by atoms with Gasteiger partial charge >= 0.3 is 5.97 Å². The van der Waals surface area contributed by atoms with Gasteiger partial charge in [0.2, 0.25) is 5.91 Å². The van der Waals surface area contributed by atoms with Crippen molar-refractivity contribution >= 4 is 11.9 Å². The molecule has 0 aliphatic heterocycles. The van der Waals surface area contributed by atoms with Crippen LogP contribution in [0.1, 0.15) is 220 Å². The summed E-state index contributed by atoms with van der Waals surface area (Å²) in [6, 6.07) is -0.733. The Labute approximate surface area is 382 Å². The van der Waals surface area contributed by atoms with Crippen LogP contribution in [0.15, 0.2) is 97.2 Å². The standard InChI is InChI=1S/C56H95NO5/c1-4-7-10-13-16-19-22-25-27-29-31-34-37-40-43-46-49-56(61)62-52(47-44-41-38-35-32-30-28-26-23-20-17-14-11-8-5-2)50-55(60)57-53(51-58)54(59)48-45-42-39-36-33-24-21-18-15-12-9-6-3/h7,10,16-17,19-20,25-28,31-32,34-35,40,43,52-54,58-59H,4-6,8-9,11-15,18,21-24,29-30,33,36-39,41-42,44-51H2,1-3H3,(H,57,60)/b10-7+,19-16+,20-17-,27-25+,28-26-,34-31+,35-32-,43-40+. The Morgan fingerprint density at radius 1 is 0.484 bits per heavy atom. The number of ether oxygens (including phenoxy) is 1. The van der Waals surface area contributed by atoms with Crippen LogP contribution in [-0.4, -0.2) is 46.9 Å². The maximum Gasteiger partial charge on any atom is 0.306 e. The Morgan fingerprint density at radius 2 is 0.871 bits per heavy atom. The van der Waals surface area contributed by atoms with Crippen molar-refractivity contribution < 1.29 is 24.5 Å². The number of aliphatic hydroxyl groups excluding tert-OH is 2. The van der Waals surface area contributed by atoms with Crippen molar-refractivity contribution in [3.05, 3.63) is 97.2 Å². The summed E-state index contributed by atoms with van der Waals surface area (Å²) in [4.78, 5) is 26.1. The average Bonchev–Trinajstić information content (AvgIpc) is 3.26. The molecule has 62 heavy (non-hydrogen) atoms. The first-order valence-electron chi connectivity index (χ1n) is 25.5. The molecule has 0 radical (unpaired) electrons. The van der Waals surface area contributed by atoms with Crippen LogP contribution in [0.5, 0.6) is 0 Å². The van der Waals surface area contributed by atoms with Gasteiger partial charge in [0.1, 0.15) is 6.10 Å². The monoisotopic (exact) mass is 862 g/mol. The number of hydrogen-bond acceptors (Lipinski definition) is 5. The number of nitrogens with one attached hydrogen (secondary N) is 1. The highest BCUT2D eigenvalue weighted by atomic mass is 16.5. The molecular formula is C56H95NO5. The lowest BCUT2D eigenvalue weighted by molar-refractivity contribution is -0.150. The fourth-order valence-electron chi connectivity index (χ4n) is 7.07. The molecule has 0 saturated heterocycles. The van der Waals surface area contributed by atoms with Gasteiger partial charge in [-0.1, -0.05) is 208 Å². The molecule has 3 atom stereocenters. The molecule has 0 aromatic carbocycles. The molecule has 0 aromatic heterocycles. The number of carbonyl (C=O) groups excluding carboxylic acids is 2. The molecule has 0 heterocycles. The SMILES string of the molecule is CC/C=C/C/C=C/C/C=C/C/C=C/C/C=C/CCC(=O)OC(CCCC/C=C\C/C=C\C/C=C\CCCCC)CC(=O)NC(CO)C(O)CCCCCCCCCCCCCC. The molecule has 0 rings (SSSR count). The van der Waals surface area contributed by atoms with Crippen molar-refractivity contribution in [2.75, 3.05) is 6.61 Å². The van der Waals surface area contributed by atoms with Gasteiger partial charge in [0, 0.05) is 6.42 Å². The van der Waals surface area contributed by atoms with Crippen molar-refractivity contribution in [2.45, 2.75) is 238 Å². The van der Waals surface area contributed by atoms with Crippen molar-refractivity contribution in [1.82, 2.24) is 5.32 Å². The van der Waals surface area contributed by atoms with E-state index in [1.54, 1.807) is 0 Å².